The van der Waals surface area contributed by atoms with Gasteiger partial charge in [-0.25, -0.2) is 0 Å². The molecule has 0 saturated carbocycles. The number of anilines is 1. The average molecular weight is 533 g/mol. The number of fused-ring (bicyclic) bond motifs is 1. The van der Waals surface area contributed by atoms with Gasteiger partial charge in [0, 0.05) is 43.3 Å². The molecule has 1 aliphatic heterocycles. The number of hydrogen-bond acceptors (Lipinski definition) is 7. The van der Waals surface area contributed by atoms with Crippen LogP contribution in [0.1, 0.15) is 27.1 Å². The first-order chi connectivity index (χ1) is 18.8. The van der Waals surface area contributed by atoms with Gasteiger partial charge in [-0.3, -0.25) is 24.0 Å². The van der Waals surface area contributed by atoms with Crippen molar-refractivity contribution in [3.8, 4) is 12.8 Å². The van der Waals surface area contributed by atoms with Crippen molar-refractivity contribution in [2.45, 2.75) is 12.5 Å². The van der Waals surface area contributed by atoms with Gasteiger partial charge < -0.3 is 29.9 Å². The topological polar surface area (TPSA) is 149 Å². The van der Waals surface area contributed by atoms with Gasteiger partial charge in [-0.2, -0.15) is 0 Å². The van der Waals surface area contributed by atoms with E-state index >= 15 is 0 Å². The number of aromatic nitrogens is 1. The first kappa shape index (κ1) is 28.6. The number of Topliss-reactive ketones (excluding diaryl/α,β-unsaturated/α-hetero) is 1. The van der Waals surface area contributed by atoms with Crippen molar-refractivity contribution in [2.75, 3.05) is 38.6 Å². The molecule has 1 unspecified atom stereocenters. The molecule has 1 aliphatic rings. The Hall–Kier alpha value is -4.95. The second-order valence-electron chi connectivity index (χ2n) is 8.50. The lowest BCUT2D eigenvalue weighted by atomic mass is 10.1. The van der Waals surface area contributed by atoms with Gasteiger partial charge >= 0.3 is 5.97 Å². The number of carbonyl (C=O) groups is 5. The number of ketones is 1. The van der Waals surface area contributed by atoms with E-state index in [9.17, 15) is 29.1 Å². The summed E-state index contributed by atoms with van der Waals surface area (Å²) in [5, 5.41) is 12.9. The summed E-state index contributed by atoms with van der Waals surface area (Å²) in [4.78, 5) is 68.3. The van der Waals surface area contributed by atoms with E-state index in [-0.39, 0.29) is 30.2 Å². The van der Waals surface area contributed by atoms with Gasteiger partial charge in [0.1, 0.15) is 6.10 Å². The Balaban J connectivity index is 0.00000205. The molecular formula is C28H28N4O7. The number of aromatic amines is 1. The van der Waals surface area contributed by atoms with Gasteiger partial charge in [0.05, 0.1) is 30.3 Å². The molecule has 11 nitrogen and oxygen atoms in total. The van der Waals surface area contributed by atoms with Crippen LogP contribution in [-0.4, -0.2) is 88.8 Å². The third-order valence-corrected chi connectivity index (χ3v) is 6.18. The molecule has 3 aromatic rings. The standard InChI is InChI=1S/C26H26N4O7.C2H2/c1-37-21(32)14-20(31)24(34)28-19-9-5-8-17-18(15-27-22(17)19)23(33)26(36)30-12-10-29(11-13-30)25(35)16-6-3-2-4-7-16;1-2/h2-9,15,20,27,31H,10-14H2,1H3,(H,28,34);1-2H. The van der Waals surface area contributed by atoms with E-state index in [0.29, 0.717) is 29.6 Å². The third kappa shape index (κ3) is 6.49. The molecule has 202 valence electrons. The highest BCUT2D eigenvalue weighted by Gasteiger charge is 2.30. The summed E-state index contributed by atoms with van der Waals surface area (Å²) >= 11 is 0. The lowest BCUT2D eigenvalue weighted by Crippen LogP contribution is -2.52. The number of hydrogen-bond donors (Lipinski definition) is 3. The van der Waals surface area contributed by atoms with Gasteiger partial charge in [-0.1, -0.05) is 30.3 Å². The van der Waals surface area contributed by atoms with Crippen LogP contribution in [0.25, 0.3) is 10.9 Å². The molecular weight excluding hydrogens is 504 g/mol. The number of esters is 1. The number of piperazine rings is 1. The van der Waals surface area contributed by atoms with Gasteiger partial charge in [0.2, 0.25) is 0 Å². The normalized spacial score (nSPS) is 13.5. The second-order valence-corrected chi connectivity index (χ2v) is 8.50. The molecule has 0 spiro atoms. The number of aliphatic hydroxyl groups is 1. The smallest absolute Gasteiger partial charge is 0.308 e. The lowest BCUT2D eigenvalue weighted by molar-refractivity contribution is -0.145. The Morgan fingerprint density at radius 3 is 2.26 bits per heavy atom. The highest BCUT2D eigenvalue weighted by atomic mass is 16.5. The maximum Gasteiger partial charge on any atom is 0.308 e. The summed E-state index contributed by atoms with van der Waals surface area (Å²) in [6, 6.07) is 13.6. The number of methoxy groups -OCH3 is 1. The lowest BCUT2D eigenvalue weighted by Gasteiger charge is -2.34. The molecule has 1 saturated heterocycles. The zero-order valence-corrected chi connectivity index (χ0v) is 21.3. The van der Waals surface area contributed by atoms with Crippen LogP contribution in [0, 0.1) is 12.8 Å². The fourth-order valence-corrected chi connectivity index (χ4v) is 4.13. The number of terminal acetylenes is 1. The van der Waals surface area contributed by atoms with Crippen molar-refractivity contribution < 1.29 is 33.8 Å². The van der Waals surface area contributed by atoms with Crippen molar-refractivity contribution in [1.29, 1.82) is 0 Å². The zero-order valence-electron chi connectivity index (χ0n) is 21.3. The number of nitrogens with zero attached hydrogens (tertiary/aromatic N) is 2. The summed E-state index contributed by atoms with van der Waals surface area (Å²) in [6.07, 6.45) is 7.26. The second kappa shape index (κ2) is 13.0. The maximum atomic E-state index is 13.1. The molecule has 2 heterocycles. The number of para-hydroxylation sites is 1. The quantitative estimate of drug-likeness (QED) is 0.180. The Morgan fingerprint density at radius 2 is 1.62 bits per heavy atom. The van der Waals surface area contributed by atoms with Gasteiger partial charge in [-0.05, 0) is 18.2 Å². The molecule has 39 heavy (non-hydrogen) atoms. The number of benzene rings is 2. The monoisotopic (exact) mass is 532 g/mol. The number of H-pyrrole nitrogens is 1. The number of aliphatic hydroxyl groups excluding tert-OH is 1. The van der Waals surface area contributed by atoms with Gasteiger partial charge in [-0.15, -0.1) is 12.8 Å². The van der Waals surface area contributed by atoms with Crippen LogP contribution in [0.5, 0.6) is 0 Å². The molecule has 1 aromatic heterocycles. The highest BCUT2D eigenvalue weighted by molar-refractivity contribution is 6.45. The van der Waals surface area contributed by atoms with E-state index in [1.165, 1.54) is 11.1 Å². The third-order valence-electron chi connectivity index (χ3n) is 6.18. The van der Waals surface area contributed by atoms with Crippen molar-refractivity contribution in [1.82, 2.24) is 14.8 Å². The van der Waals surface area contributed by atoms with Crippen molar-refractivity contribution in [2.24, 2.45) is 0 Å². The minimum Gasteiger partial charge on any atom is -0.469 e. The van der Waals surface area contributed by atoms with Crippen molar-refractivity contribution in [3.05, 3.63) is 65.9 Å². The molecule has 1 fully saturated rings. The highest BCUT2D eigenvalue weighted by Crippen LogP contribution is 2.26. The van der Waals surface area contributed by atoms with Crippen LogP contribution >= 0.6 is 0 Å². The minimum absolute atomic E-state index is 0.123. The Kier molecular flexibility index (Phi) is 9.56. The molecule has 0 bridgehead atoms. The van der Waals surface area contributed by atoms with Crippen LogP contribution in [0.4, 0.5) is 5.69 Å². The maximum absolute atomic E-state index is 13.1. The van der Waals surface area contributed by atoms with E-state index in [4.69, 9.17) is 0 Å². The fraction of sp³-hybridized carbons (Fsp3) is 0.250. The van der Waals surface area contributed by atoms with Crippen LogP contribution in [-0.2, 0) is 19.1 Å². The molecule has 2 aromatic carbocycles. The van der Waals surface area contributed by atoms with E-state index in [2.05, 4.69) is 27.9 Å². The van der Waals surface area contributed by atoms with E-state index in [1.54, 1.807) is 47.4 Å². The number of rotatable bonds is 7. The number of amides is 3. The fourth-order valence-electron chi connectivity index (χ4n) is 4.13. The van der Waals surface area contributed by atoms with Gasteiger partial charge in [0.25, 0.3) is 23.5 Å². The molecule has 0 aliphatic carbocycles. The Morgan fingerprint density at radius 1 is 0.974 bits per heavy atom. The average Bonchev–Trinajstić information content (AvgIpc) is 3.42. The number of carbonyl (C=O) groups excluding carboxylic acids is 5. The first-order valence-corrected chi connectivity index (χ1v) is 12.0. The number of ether oxygens (including phenoxy) is 1. The van der Waals surface area contributed by atoms with Crippen LogP contribution < -0.4 is 5.32 Å². The molecule has 3 amide bonds. The first-order valence-electron chi connectivity index (χ1n) is 12.0. The summed E-state index contributed by atoms with van der Waals surface area (Å²) in [7, 11) is 1.15. The molecule has 11 heteroatoms. The molecule has 1 atom stereocenters. The SMILES string of the molecule is C#C.COC(=O)CC(O)C(=O)Nc1cccc2c(C(=O)C(=O)N3CCN(C(=O)c4ccccc4)CC3)c[nH]c12. The number of nitrogens with one attached hydrogen (secondary N) is 2. The zero-order chi connectivity index (χ0) is 28.5. The molecule has 4 rings (SSSR count). The summed E-state index contributed by atoms with van der Waals surface area (Å²) < 4.78 is 4.45. The minimum atomic E-state index is -1.62. The predicted octanol–water partition coefficient (Wildman–Crippen LogP) is 1.45. The summed E-state index contributed by atoms with van der Waals surface area (Å²) in [5.41, 5.74) is 1.35. The van der Waals surface area contributed by atoms with E-state index < -0.39 is 36.1 Å². The summed E-state index contributed by atoms with van der Waals surface area (Å²) in [6.45, 7) is 1.07. The summed E-state index contributed by atoms with van der Waals surface area (Å²) in [5.74, 6) is -3.09. The van der Waals surface area contributed by atoms with Crippen molar-refractivity contribution in [3.63, 3.8) is 0 Å². The van der Waals surface area contributed by atoms with Crippen molar-refractivity contribution >= 4 is 46.1 Å². The molecule has 0 radical (unpaired) electrons. The van der Waals surface area contributed by atoms with Crippen LogP contribution in [0.15, 0.2) is 54.7 Å². The molecule has 3 N–H and O–H groups in total. The van der Waals surface area contributed by atoms with Crippen LogP contribution in [0.2, 0.25) is 0 Å². The largest absolute Gasteiger partial charge is 0.469 e. The van der Waals surface area contributed by atoms with E-state index in [0.717, 1.165) is 7.11 Å². The Labute approximate surface area is 224 Å². The Bertz CT molecular complexity index is 1390. The predicted molar refractivity (Wildman–Crippen MR) is 143 cm³/mol. The van der Waals surface area contributed by atoms with E-state index in [1.807, 2.05) is 6.07 Å². The van der Waals surface area contributed by atoms with Gasteiger partial charge in [0.15, 0.2) is 0 Å². The van der Waals surface area contributed by atoms with Crippen LogP contribution in [0.3, 0.4) is 0 Å².